The van der Waals surface area contributed by atoms with Crippen molar-refractivity contribution in [3.63, 3.8) is 0 Å². The van der Waals surface area contributed by atoms with Crippen LogP contribution in [0, 0.1) is 11.3 Å². The Morgan fingerprint density at radius 2 is 0.946 bits per heavy atom. The van der Waals surface area contributed by atoms with Crippen molar-refractivity contribution in [2.45, 2.75) is 259 Å². The topological polar surface area (TPSA) is 529 Å². The molecule has 0 aromatic heterocycles. The molecule has 3 fully saturated rings. The van der Waals surface area contributed by atoms with Gasteiger partial charge >= 0.3 is 139 Å². The van der Waals surface area contributed by atoms with E-state index in [1.54, 1.807) is 62.3 Å². The van der Waals surface area contributed by atoms with Crippen molar-refractivity contribution in [3.05, 3.63) is 0 Å². The maximum atomic E-state index is 11.5. The van der Waals surface area contributed by atoms with Gasteiger partial charge in [-0.1, -0.05) is 23.4 Å². The van der Waals surface area contributed by atoms with Gasteiger partial charge in [-0.2, -0.15) is 22.1 Å². The Kier molecular flexibility index (Phi) is 92.1. The monoisotopic (exact) mass is 1870 g/mol. The van der Waals surface area contributed by atoms with E-state index in [9.17, 15) is 60.3 Å². The number of ether oxygens (including phenoxy) is 13. The molecule has 111 heavy (non-hydrogen) atoms. The van der Waals surface area contributed by atoms with E-state index in [1.165, 1.54) is 7.11 Å². The second kappa shape index (κ2) is 78.0. The molecule has 0 saturated carbocycles. The van der Waals surface area contributed by atoms with Crippen LogP contribution in [-0.2, 0) is 134 Å². The Labute approximate surface area is 771 Å². The maximum absolute atomic E-state index is 11.5. The fraction of sp³-hybridized carbons (Fsp3) is 0.846. The summed E-state index contributed by atoms with van der Waals surface area (Å²) in [5.41, 5.74) is 0. The number of halogens is 5. The number of carbonyl (C=O) groups is 9. The number of aliphatic hydroxyl groups excluding tert-OH is 4. The molecule has 0 unspecified atom stereocenters. The predicted octanol–water partition coefficient (Wildman–Crippen LogP) is 0.245. The molecule has 3 aliphatic heterocycles. The molecule has 3 heterocycles. The van der Waals surface area contributed by atoms with Gasteiger partial charge in [0.25, 0.3) is 33.2 Å². The van der Waals surface area contributed by atoms with Crippen molar-refractivity contribution in [1.29, 1.82) is 5.26 Å². The Bertz CT molecular complexity index is 2660. The van der Waals surface area contributed by atoms with Gasteiger partial charge in [0.05, 0.1) is 165 Å². The number of alkyl halides is 5. The van der Waals surface area contributed by atoms with Crippen LogP contribution in [0.1, 0.15) is 162 Å². The van der Waals surface area contributed by atoms with Crippen molar-refractivity contribution in [2.75, 3.05) is 94.7 Å². The van der Waals surface area contributed by atoms with Crippen LogP contribution >= 0.6 is 62.3 Å². The molecule has 3 saturated heterocycles. The molecule has 650 valence electrons. The van der Waals surface area contributed by atoms with Crippen molar-refractivity contribution >= 4 is 145 Å². The fourth-order valence-corrected chi connectivity index (χ4v) is 10.3. The molecule has 6 N–H and O–H groups in total. The Morgan fingerprint density at radius 1 is 0.595 bits per heavy atom. The number of ketones is 1. The van der Waals surface area contributed by atoms with Gasteiger partial charge in [-0.25, -0.2) is 0 Å². The number of nitrogens with zero attached hydrogens (tertiary/aromatic N) is 1. The second-order valence-electron chi connectivity index (χ2n) is 24.4. The zero-order valence-corrected chi connectivity index (χ0v) is 80.1. The van der Waals surface area contributed by atoms with Gasteiger partial charge in [0.15, 0.2) is 25.7 Å². The van der Waals surface area contributed by atoms with E-state index in [0.717, 1.165) is 0 Å². The summed E-state index contributed by atoms with van der Waals surface area (Å²) in [6.07, 6.45) is 0.735. The fourth-order valence-electron chi connectivity index (χ4n) is 8.31. The van der Waals surface area contributed by atoms with Crippen LogP contribution in [0.5, 0.6) is 0 Å². The minimum absolute atomic E-state index is 0. The summed E-state index contributed by atoms with van der Waals surface area (Å²) in [4.78, 5) is 98.0. The van der Waals surface area contributed by atoms with E-state index in [2.05, 4.69) is 70.2 Å². The minimum atomic E-state index is -3.67. The number of methoxy groups -OCH3 is 1. The third-order valence-electron chi connectivity index (χ3n) is 11.5. The summed E-state index contributed by atoms with van der Waals surface area (Å²) in [5, 5.41) is 53.4. The van der Waals surface area contributed by atoms with Crippen LogP contribution in [0.2, 0.25) is 19.6 Å². The predicted molar refractivity (Wildman–Crippen MR) is 405 cm³/mol. The van der Waals surface area contributed by atoms with E-state index in [1.807, 2.05) is 13.8 Å². The van der Waals surface area contributed by atoms with Gasteiger partial charge in [-0.3, -0.25) is 52.3 Å². The smallest absolute Gasteiger partial charge is 1.00 e. The van der Waals surface area contributed by atoms with Crippen LogP contribution in [0.3, 0.4) is 0 Å². The zero-order chi connectivity index (χ0) is 85.5. The van der Waals surface area contributed by atoms with Crippen molar-refractivity contribution in [2.24, 2.45) is 0 Å². The molecule has 0 bridgehead atoms. The standard InChI is InChI=1S/C13H22O6.C11H19ClO4.C10H18O5.C8H15ClO4.C8H13ClO4.C7H14ClNOSi.C4H7BrO2.2CH4O3S.CH2O3.CH4.2K.H/c1-4-17-12(15)8-11-7-10(5-6-16-9-14)18-13(2,3)19-11;1-4-14-10(13)6-8-5-9(7-12)16-11(2,3)15-8;1-10(2)14-7(5-9(12)13-3)4-8(6-11)15-10;2*1-2-13-8(12)4-6(10)3-7(11)5-9;1-11(2,3)10-7(6-8)4-5-9;1-2-7-4(6)3-5;2*1-5(2,3)4;2-1-4-3;;;;/h9-11H,4-8H2,1-3H3;8-9H,4-7H2,1-3H3;7-8,11H,4-6H2,1-3H3;6-7,10-11H,2-5H2,1H3;7,11H,2-5H2,1H3;7H,4,6H2,1-3H3;2-3H2,1H3;2*1H3,(H,2,3,4);1,3H;1H4;;;/q;;;;;;;;;;;2*+1;-1/p-1/t10-,11-;8-,9+;7-,8+;6-,7+;2*7-;;;;;;;;/m111100......../s1. The summed E-state index contributed by atoms with van der Waals surface area (Å²) in [6, 6.07) is 2.05. The number of nitriles is 1. The zero-order valence-electron chi connectivity index (χ0n) is 67.6. The van der Waals surface area contributed by atoms with Crippen LogP contribution < -0.4 is 108 Å². The van der Waals surface area contributed by atoms with Gasteiger partial charge in [0, 0.05) is 62.0 Å². The van der Waals surface area contributed by atoms with Gasteiger partial charge in [0.1, 0.15) is 17.5 Å². The molecule has 3 aliphatic rings. The van der Waals surface area contributed by atoms with E-state index < -0.39 is 76.2 Å². The van der Waals surface area contributed by atoms with Gasteiger partial charge in [-0.05, 0) is 95.8 Å². The number of carbonyl (C=O) groups excluding carboxylic acids is 9. The summed E-state index contributed by atoms with van der Waals surface area (Å²) in [7, 11) is -7.50. The third kappa shape index (κ3) is 99.9. The van der Waals surface area contributed by atoms with E-state index in [-0.39, 0.29) is 260 Å². The first-order valence-electron chi connectivity index (χ1n) is 33.4. The Hall–Kier alpha value is -0.610. The molecule has 3 rings (SSSR count). The van der Waals surface area contributed by atoms with Crippen molar-refractivity contribution in [1.82, 2.24) is 0 Å². The first-order chi connectivity index (χ1) is 49.8. The second-order valence-corrected chi connectivity index (χ2v) is 33.6. The van der Waals surface area contributed by atoms with Gasteiger partial charge in [0.2, 0.25) is 0 Å². The van der Waals surface area contributed by atoms with Gasteiger partial charge < -0.3 is 98.0 Å². The first kappa shape index (κ1) is 131. The molecule has 0 radical (unpaired) electrons. The summed E-state index contributed by atoms with van der Waals surface area (Å²) in [5.74, 6) is -3.72. The van der Waals surface area contributed by atoms with Crippen molar-refractivity contribution in [3.8, 4) is 6.07 Å². The van der Waals surface area contributed by atoms with Crippen molar-refractivity contribution < 1.29 is 270 Å². The Morgan fingerprint density at radius 3 is 1.27 bits per heavy atom. The molecular weight excluding hydrogens is 1750 g/mol. The SMILES string of the molecule is C.CCOC(=O)CBr.CCOC(=O)CC(=O)C[C@H](O)CCl.CCOC(=O)C[C@H](O)C[C@H](O)CCl.CCOC(=O)C[C@H]1C[C@@H](CCOC=O)OC(C)(C)O1.CCOC(=O)C[C@H]1C[C@@H](CCl)OC(C)(C)O1.COC(=O)C[C@H]1C[C@@H](CO)OC(C)(C)O1.CS(=O)(=O)O.CS(=O)(=O)O.C[Si](C)(C)O[C@H](CCl)CC#N.O=CO[O-].[H-].[K+].[K+]. The summed E-state index contributed by atoms with van der Waals surface area (Å²) in [6.45, 7) is 28.0. The van der Waals surface area contributed by atoms with E-state index >= 15 is 0 Å². The first-order valence-corrected chi connectivity index (χ1v) is 43.7. The average Bonchev–Trinajstić information content (AvgIpc) is 0.850. The number of hydrogen-bond donors (Lipinski definition) is 6. The summed E-state index contributed by atoms with van der Waals surface area (Å²) < 4.78 is 124. The quantitative estimate of drug-likeness (QED) is 0.00490. The molecule has 46 heteroatoms. The van der Waals surface area contributed by atoms with Gasteiger partial charge in [-0.15, -0.1) is 46.4 Å². The molecular formula is C65H122BrCl4K2NO35S2Si. The maximum Gasteiger partial charge on any atom is 1.00 e. The van der Waals surface area contributed by atoms with Crippen LogP contribution in [0.25, 0.3) is 0 Å². The Balaban J connectivity index is -0.000000115. The molecule has 10 atom stereocenters. The third-order valence-corrected chi connectivity index (χ3v) is 14.4. The van der Waals surface area contributed by atoms with E-state index in [4.69, 9.17) is 128 Å². The van der Waals surface area contributed by atoms with Crippen LogP contribution in [-0.4, -0.2) is 282 Å². The molecule has 0 aliphatic carbocycles. The van der Waals surface area contributed by atoms with Crippen LogP contribution in [0.4, 0.5) is 0 Å². The number of aliphatic hydroxyl groups is 4. The number of hydrogen-bond acceptors (Lipinski definition) is 34. The normalized spacial score (nSPS) is 18.9. The number of esters is 6. The van der Waals surface area contributed by atoms with Crippen LogP contribution in [0.15, 0.2) is 0 Å². The average molecular weight is 1870 g/mol. The number of rotatable bonds is 33. The molecule has 36 nitrogen and oxygen atoms in total. The largest absolute Gasteiger partial charge is 1.00 e. The van der Waals surface area contributed by atoms with E-state index in [0.29, 0.717) is 101 Å². The minimum Gasteiger partial charge on any atom is -1.00 e. The summed E-state index contributed by atoms with van der Waals surface area (Å²) >= 11 is 24.9. The molecule has 0 amide bonds. The molecule has 0 spiro atoms. The molecule has 0 aromatic carbocycles. The molecule has 0 aromatic rings. The number of Topliss-reactive ketones (excluding diaryl/α,β-unsaturated/α-hetero) is 1.